The van der Waals surface area contributed by atoms with Gasteiger partial charge in [0.05, 0.1) is 11.9 Å². The molecule has 9 heteroatoms. The van der Waals surface area contributed by atoms with Gasteiger partial charge in [0, 0.05) is 12.1 Å². The predicted molar refractivity (Wildman–Crippen MR) is 130 cm³/mol. The molecule has 0 radical (unpaired) electrons. The quantitative estimate of drug-likeness (QED) is 0.431. The zero-order valence-corrected chi connectivity index (χ0v) is 19.6. The van der Waals surface area contributed by atoms with Crippen molar-refractivity contribution in [3.05, 3.63) is 72.1 Å². The van der Waals surface area contributed by atoms with Crippen LogP contribution >= 0.6 is 0 Å². The van der Waals surface area contributed by atoms with Gasteiger partial charge in [0.2, 0.25) is 5.91 Å². The smallest absolute Gasteiger partial charge is 0.411 e. The molecule has 2 atom stereocenters. The number of anilines is 1. The molecule has 3 aromatic rings. The van der Waals surface area contributed by atoms with Crippen LogP contribution in [-0.4, -0.2) is 45.5 Å². The molecule has 2 amide bonds. The molecule has 1 aliphatic carbocycles. The molecule has 0 aliphatic heterocycles. The number of hydrogen-bond donors (Lipinski definition) is 3. The highest BCUT2D eigenvalue weighted by atomic mass is 16.5. The molecule has 35 heavy (non-hydrogen) atoms. The summed E-state index contributed by atoms with van der Waals surface area (Å²) in [4.78, 5) is 36.1. The molecule has 0 bridgehead atoms. The summed E-state index contributed by atoms with van der Waals surface area (Å²) in [6.45, 7) is 3.64. The lowest BCUT2D eigenvalue weighted by Gasteiger charge is -2.20. The molecule has 182 valence electrons. The number of fused-ring (bicyclic) bond motifs is 3. The van der Waals surface area contributed by atoms with Crippen molar-refractivity contribution in [1.29, 1.82) is 0 Å². The second-order valence-corrected chi connectivity index (χ2v) is 8.65. The van der Waals surface area contributed by atoms with Crippen molar-refractivity contribution < 1.29 is 24.2 Å². The second kappa shape index (κ2) is 10.4. The number of carbonyl (C=O) groups excluding carboxylic acids is 2. The maximum Gasteiger partial charge on any atom is 0.411 e. The number of rotatable bonds is 9. The standard InChI is InChI=1S/C26H28N4O5/c1-3-16(2)24(25(32)33)29-23(31)14-30-13-17(12-27-30)28-26(34)35-15-22-20-10-6-4-8-18(20)19-9-5-7-11-21(19)22/h4-13,16,22,24H,3,14-15H2,1-2H3,(H,28,34)(H,29,31)(H,32,33)/t16?,24-/m0/s1. The van der Waals surface area contributed by atoms with Gasteiger partial charge >= 0.3 is 12.1 Å². The summed E-state index contributed by atoms with van der Waals surface area (Å²) in [6.07, 6.45) is 2.88. The summed E-state index contributed by atoms with van der Waals surface area (Å²) in [5.41, 5.74) is 4.91. The van der Waals surface area contributed by atoms with Gasteiger partial charge in [-0.15, -0.1) is 0 Å². The van der Waals surface area contributed by atoms with E-state index in [2.05, 4.69) is 27.9 Å². The lowest BCUT2D eigenvalue weighted by Crippen LogP contribution is -2.46. The highest BCUT2D eigenvalue weighted by molar-refractivity contribution is 5.85. The van der Waals surface area contributed by atoms with Crippen molar-refractivity contribution in [3.63, 3.8) is 0 Å². The first-order valence-electron chi connectivity index (χ1n) is 11.5. The van der Waals surface area contributed by atoms with Gasteiger partial charge in [-0.05, 0) is 28.2 Å². The number of carbonyl (C=O) groups is 3. The van der Waals surface area contributed by atoms with Gasteiger partial charge < -0.3 is 15.2 Å². The molecule has 1 unspecified atom stereocenters. The molecule has 2 aromatic carbocycles. The first-order valence-corrected chi connectivity index (χ1v) is 11.5. The highest BCUT2D eigenvalue weighted by Gasteiger charge is 2.29. The number of carboxylic acid groups (broad SMARTS) is 1. The van der Waals surface area contributed by atoms with Crippen molar-refractivity contribution in [3.8, 4) is 11.1 Å². The average molecular weight is 477 g/mol. The number of aromatic nitrogens is 2. The second-order valence-electron chi connectivity index (χ2n) is 8.65. The Hall–Kier alpha value is -4.14. The molecule has 9 nitrogen and oxygen atoms in total. The minimum atomic E-state index is -1.08. The summed E-state index contributed by atoms with van der Waals surface area (Å²) in [5.74, 6) is -1.81. The zero-order chi connectivity index (χ0) is 24.9. The van der Waals surface area contributed by atoms with Crippen LogP contribution in [0.5, 0.6) is 0 Å². The number of nitrogens with one attached hydrogen (secondary N) is 2. The van der Waals surface area contributed by atoms with E-state index >= 15 is 0 Å². The van der Waals surface area contributed by atoms with Crippen LogP contribution < -0.4 is 10.6 Å². The van der Waals surface area contributed by atoms with Gasteiger partial charge in [-0.2, -0.15) is 5.10 Å². The van der Waals surface area contributed by atoms with Gasteiger partial charge in [0.25, 0.3) is 0 Å². The number of hydrogen-bond acceptors (Lipinski definition) is 5. The Morgan fingerprint density at radius 3 is 2.31 bits per heavy atom. The van der Waals surface area contributed by atoms with Crippen molar-refractivity contribution in [2.75, 3.05) is 11.9 Å². The molecule has 1 aliphatic rings. The number of ether oxygens (including phenoxy) is 1. The topological polar surface area (TPSA) is 123 Å². The van der Waals surface area contributed by atoms with Crippen LogP contribution in [0.1, 0.15) is 37.3 Å². The molecule has 1 heterocycles. The third-order valence-corrected chi connectivity index (χ3v) is 6.32. The Balaban J connectivity index is 1.32. The molecule has 0 spiro atoms. The molecule has 4 rings (SSSR count). The first kappa shape index (κ1) is 24.0. The lowest BCUT2D eigenvalue weighted by molar-refractivity contribution is -0.143. The molecule has 1 aromatic heterocycles. The first-order chi connectivity index (χ1) is 16.9. The van der Waals surface area contributed by atoms with Crippen molar-refractivity contribution in [1.82, 2.24) is 15.1 Å². The van der Waals surface area contributed by atoms with Crippen LogP contribution in [0.25, 0.3) is 11.1 Å². The normalized spacial score (nSPS) is 13.9. The number of nitrogens with zero attached hydrogens (tertiary/aromatic N) is 2. The predicted octanol–water partition coefficient (Wildman–Crippen LogP) is 3.86. The fraction of sp³-hybridized carbons (Fsp3) is 0.308. The Morgan fingerprint density at radius 2 is 1.71 bits per heavy atom. The largest absolute Gasteiger partial charge is 0.480 e. The molecule has 0 saturated carbocycles. The summed E-state index contributed by atoms with van der Waals surface area (Å²) in [7, 11) is 0. The van der Waals surface area contributed by atoms with E-state index in [1.165, 1.54) is 17.1 Å². The van der Waals surface area contributed by atoms with Crippen LogP contribution in [0.3, 0.4) is 0 Å². The number of benzene rings is 2. The van der Waals surface area contributed by atoms with Crippen LogP contribution in [0.2, 0.25) is 0 Å². The number of carboxylic acids is 1. The number of aliphatic carboxylic acids is 1. The maximum absolute atomic E-state index is 12.4. The molecule has 0 fully saturated rings. The van der Waals surface area contributed by atoms with E-state index in [1.807, 2.05) is 43.3 Å². The van der Waals surface area contributed by atoms with Gasteiger partial charge in [-0.3, -0.25) is 14.8 Å². The molecule has 0 saturated heterocycles. The van der Waals surface area contributed by atoms with E-state index in [-0.39, 0.29) is 25.0 Å². The Kier molecular flexibility index (Phi) is 7.14. The van der Waals surface area contributed by atoms with Crippen LogP contribution in [0.15, 0.2) is 60.9 Å². The van der Waals surface area contributed by atoms with Crippen molar-refractivity contribution in [2.45, 2.75) is 38.8 Å². The third-order valence-electron chi connectivity index (χ3n) is 6.32. The Labute approximate surface area is 203 Å². The molecular weight excluding hydrogens is 448 g/mol. The van der Waals surface area contributed by atoms with Crippen LogP contribution in [0, 0.1) is 5.92 Å². The Bertz CT molecular complexity index is 1190. The van der Waals surface area contributed by atoms with Crippen molar-refractivity contribution >= 4 is 23.7 Å². The fourth-order valence-electron chi connectivity index (χ4n) is 4.32. The zero-order valence-electron chi connectivity index (χ0n) is 19.6. The van der Waals surface area contributed by atoms with Gasteiger partial charge in [0.15, 0.2) is 0 Å². The monoisotopic (exact) mass is 476 g/mol. The summed E-state index contributed by atoms with van der Waals surface area (Å²) >= 11 is 0. The average Bonchev–Trinajstić information content (AvgIpc) is 3.42. The van der Waals surface area contributed by atoms with Crippen LogP contribution in [-0.2, 0) is 20.9 Å². The van der Waals surface area contributed by atoms with Gasteiger partial charge in [-0.25, -0.2) is 9.59 Å². The third kappa shape index (κ3) is 5.34. The van der Waals surface area contributed by atoms with E-state index < -0.39 is 24.0 Å². The fourth-order valence-corrected chi connectivity index (χ4v) is 4.32. The van der Waals surface area contributed by atoms with E-state index in [9.17, 15) is 19.5 Å². The Morgan fingerprint density at radius 1 is 1.09 bits per heavy atom. The minimum Gasteiger partial charge on any atom is -0.480 e. The van der Waals surface area contributed by atoms with E-state index in [1.54, 1.807) is 6.92 Å². The maximum atomic E-state index is 12.4. The van der Waals surface area contributed by atoms with E-state index in [0.29, 0.717) is 12.1 Å². The van der Waals surface area contributed by atoms with Gasteiger partial charge in [-0.1, -0.05) is 68.8 Å². The minimum absolute atomic E-state index is 0.0488. The van der Waals surface area contributed by atoms with Crippen molar-refractivity contribution in [2.24, 2.45) is 5.92 Å². The van der Waals surface area contributed by atoms with Crippen LogP contribution in [0.4, 0.5) is 10.5 Å². The highest BCUT2D eigenvalue weighted by Crippen LogP contribution is 2.44. The number of amides is 2. The summed E-state index contributed by atoms with van der Waals surface area (Å²) in [5, 5.41) is 18.5. The molecular formula is C26H28N4O5. The lowest BCUT2D eigenvalue weighted by atomic mass is 9.98. The van der Waals surface area contributed by atoms with E-state index in [0.717, 1.165) is 22.3 Å². The molecule has 3 N–H and O–H groups in total. The summed E-state index contributed by atoms with van der Waals surface area (Å²) < 4.78 is 6.84. The van der Waals surface area contributed by atoms with Gasteiger partial charge in [0.1, 0.15) is 19.2 Å². The van der Waals surface area contributed by atoms with E-state index in [4.69, 9.17) is 4.74 Å². The SMILES string of the molecule is CCC(C)[C@H](NC(=O)Cn1cc(NC(=O)OCC2c3ccccc3-c3ccccc32)cn1)C(=O)O. The summed E-state index contributed by atoms with van der Waals surface area (Å²) in [6, 6.07) is 15.2.